The van der Waals surface area contributed by atoms with E-state index in [9.17, 15) is 9.59 Å². The quantitative estimate of drug-likeness (QED) is 0.825. The third-order valence-electron chi connectivity index (χ3n) is 5.68. The van der Waals surface area contributed by atoms with E-state index in [1.54, 1.807) is 14.0 Å². The molecule has 2 atom stereocenters. The average Bonchev–Trinajstić information content (AvgIpc) is 3.11. The Morgan fingerprint density at radius 2 is 1.96 bits per heavy atom. The highest BCUT2D eigenvalue weighted by Crippen LogP contribution is 2.35. The van der Waals surface area contributed by atoms with Crippen LogP contribution in [0.4, 0.5) is 0 Å². The molecule has 0 aromatic heterocycles. The first-order chi connectivity index (χ1) is 12.9. The van der Waals surface area contributed by atoms with E-state index in [2.05, 4.69) is 5.32 Å². The van der Waals surface area contributed by atoms with E-state index in [0.29, 0.717) is 24.6 Å². The summed E-state index contributed by atoms with van der Waals surface area (Å²) in [7, 11) is 1.63. The van der Waals surface area contributed by atoms with Crippen LogP contribution in [0.25, 0.3) is 5.57 Å². The molecule has 3 rings (SSSR count). The molecule has 1 fully saturated rings. The second-order valence-electron chi connectivity index (χ2n) is 7.53. The van der Waals surface area contributed by atoms with Gasteiger partial charge in [0.15, 0.2) is 0 Å². The summed E-state index contributed by atoms with van der Waals surface area (Å²) < 4.78 is 5.44. The van der Waals surface area contributed by atoms with Gasteiger partial charge in [0.1, 0.15) is 5.75 Å². The van der Waals surface area contributed by atoms with Gasteiger partial charge in [-0.3, -0.25) is 9.59 Å². The molecule has 3 N–H and O–H groups in total. The Balaban J connectivity index is 1.60. The minimum atomic E-state index is -0.456. The van der Waals surface area contributed by atoms with Crippen LogP contribution in [0.15, 0.2) is 24.3 Å². The summed E-state index contributed by atoms with van der Waals surface area (Å²) in [4.78, 5) is 26.7. The van der Waals surface area contributed by atoms with Gasteiger partial charge in [0.25, 0.3) is 5.91 Å². The minimum Gasteiger partial charge on any atom is -0.496 e. The molecule has 0 bridgehead atoms. The third-order valence-corrected chi connectivity index (χ3v) is 5.68. The fraction of sp³-hybridized carbons (Fsp3) is 0.524. The van der Waals surface area contributed by atoms with Gasteiger partial charge in [0.05, 0.1) is 13.2 Å². The number of nitrogens with zero attached hydrogens (tertiary/aromatic N) is 1. The van der Waals surface area contributed by atoms with E-state index in [1.165, 1.54) is 0 Å². The number of fused-ring (bicyclic) bond motifs is 1. The highest BCUT2D eigenvalue weighted by atomic mass is 16.5. The topological polar surface area (TPSA) is 84.7 Å². The monoisotopic (exact) mass is 371 g/mol. The molecule has 1 aliphatic heterocycles. The zero-order valence-corrected chi connectivity index (χ0v) is 16.3. The van der Waals surface area contributed by atoms with E-state index in [0.717, 1.165) is 36.1 Å². The highest BCUT2D eigenvalue weighted by molar-refractivity contribution is 6.21. The molecule has 0 radical (unpaired) electrons. The van der Waals surface area contributed by atoms with Gasteiger partial charge in [-0.05, 0) is 50.7 Å². The van der Waals surface area contributed by atoms with Gasteiger partial charge >= 0.3 is 0 Å². The zero-order valence-electron chi connectivity index (χ0n) is 16.3. The number of hydrogen-bond donors (Lipinski definition) is 2. The SMILES string of the molecule is COc1cccc2c1C(C(=O)NC(C)C1CCN(C(=O)[C@H](C)N)CC1)=CC2. The first-order valence-corrected chi connectivity index (χ1v) is 9.64. The van der Waals surface area contributed by atoms with Crippen molar-refractivity contribution in [2.75, 3.05) is 20.2 Å². The highest BCUT2D eigenvalue weighted by Gasteiger charge is 2.30. The van der Waals surface area contributed by atoms with Crippen LogP contribution in [-0.2, 0) is 16.0 Å². The Morgan fingerprint density at radius 3 is 2.59 bits per heavy atom. The molecule has 0 spiro atoms. The van der Waals surface area contributed by atoms with Gasteiger partial charge in [-0.1, -0.05) is 18.2 Å². The molecule has 1 aliphatic carbocycles. The summed E-state index contributed by atoms with van der Waals surface area (Å²) >= 11 is 0. The number of nitrogens with one attached hydrogen (secondary N) is 1. The molecule has 146 valence electrons. The molecule has 27 heavy (non-hydrogen) atoms. The number of allylic oxidation sites excluding steroid dienone is 1. The molecule has 1 aromatic carbocycles. The predicted molar refractivity (Wildman–Crippen MR) is 105 cm³/mol. The number of carbonyl (C=O) groups is 2. The van der Waals surface area contributed by atoms with Gasteiger partial charge < -0.3 is 20.7 Å². The normalized spacial score (nSPS) is 19.1. The standard InChI is InChI=1S/C21H29N3O3/c1-13(22)21(26)24-11-9-15(10-12-24)14(2)23-20(25)17-8-7-16-5-4-6-18(27-3)19(16)17/h4-6,8,13-15H,7,9-12,22H2,1-3H3,(H,23,25)/t13-,14?/m0/s1. The first-order valence-electron chi connectivity index (χ1n) is 9.64. The van der Waals surface area contributed by atoms with Crippen molar-refractivity contribution in [1.29, 1.82) is 0 Å². The maximum absolute atomic E-state index is 12.9. The van der Waals surface area contributed by atoms with E-state index in [1.807, 2.05) is 36.1 Å². The maximum Gasteiger partial charge on any atom is 0.251 e. The summed E-state index contributed by atoms with van der Waals surface area (Å²) in [5.41, 5.74) is 8.41. The van der Waals surface area contributed by atoms with Crippen LogP contribution < -0.4 is 15.8 Å². The van der Waals surface area contributed by atoms with Crippen molar-refractivity contribution in [3.63, 3.8) is 0 Å². The molecule has 6 nitrogen and oxygen atoms in total. The average molecular weight is 371 g/mol. The van der Waals surface area contributed by atoms with E-state index >= 15 is 0 Å². The Labute approximate surface area is 160 Å². The van der Waals surface area contributed by atoms with Crippen LogP contribution in [0.3, 0.4) is 0 Å². The smallest absolute Gasteiger partial charge is 0.251 e. The maximum atomic E-state index is 12.9. The molecule has 2 amide bonds. The van der Waals surface area contributed by atoms with Crippen molar-refractivity contribution in [2.45, 2.75) is 45.2 Å². The number of methoxy groups -OCH3 is 1. The van der Waals surface area contributed by atoms with Gasteiger partial charge in [-0.15, -0.1) is 0 Å². The largest absolute Gasteiger partial charge is 0.496 e. The van der Waals surface area contributed by atoms with Crippen molar-refractivity contribution >= 4 is 17.4 Å². The third kappa shape index (κ3) is 4.00. The van der Waals surface area contributed by atoms with Crippen LogP contribution >= 0.6 is 0 Å². The predicted octanol–water partition coefficient (Wildman–Crippen LogP) is 1.73. The van der Waals surface area contributed by atoms with E-state index < -0.39 is 6.04 Å². The lowest BCUT2D eigenvalue weighted by Crippen LogP contribution is -2.49. The molecule has 0 saturated carbocycles. The van der Waals surface area contributed by atoms with Crippen molar-refractivity contribution in [3.05, 3.63) is 35.4 Å². The number of likely N-dealkylation sites (tertiary alicyclic amines) is 1. The summed E-state index contributed by atoms with van der Waals surface area (Å²) in [6, 6.07) is 5.46. The van der Waals surface area contributed by atoms with Gasteiger partial charge in [-0.2, -0.15) is 0 Å². The number of benzene rings is 1. The van der Waals surface area contributed by atoms with Crippen LogP contribution in [0.5, 0.6) is 5.75 Å². The number of rotatable bonds is 5. The van der Waals surface area contributed by atoms with Crippen LogP contribution in [-0.4, -0.2) is 49.0 Å². The summed E-state index contributed by atoms with van der Waals surface area (Å²) in [5, 5.41) is 3.16. The molecular formula is C21H29N3O3. The molecule has 1 heterocycles. The Kier molecular flexibility index (Phi) is 5.85. The fourth-order valence-electron chi connectivity index (χ4n) is 4.05. The Hall–Kier alpha value is -2.34. The molecule has 2 aliphatic rings. The fourth-order valence-corrected chi connectivity index (χ4v) is 4.05. The van der Waals surface area contributed by atoms with E-state index in [-0.39, 0.29) is 17.9 Å². The second-order valence-corrected chi connectivity index (χ2v) is 7.53. The van der Waals surface area contributed by atoms with Gasteiger partial charge in [-0.25, -0.2) is 0 Å². The number of carbonyl (C=O) groups excluding carboxylic acids is 2. The minimum absolute atomic E-state index is 0.00459. The summed E-state index contributed by atoms with van der Waals surface area (Å²) in [6.07, 6.45) is 4.47. The molecular weight excluding hydrogens is 342 g/mol. The number of piperidine rings is 1. The summed E-state index contributed by atoms with van der Waals surface area (Å²) in [5.74, 6) is 1.04. The molecule has 1 unspecified atom stereocenters. The van der Waals surface area contributed by atoms with Crippen molar-refractivity contribution in [2.24, 2.45) is 11.7 Å². The Morgan fingerprint density at radius 1 is 1.26 bits per heavy atom. The number of nitrogens with two attached hydrogens (primary N) is 1. The van der Waals surface area contributed by atoms with Crippen LogP contribution in [0, 0.1) is 5.92 Å². The van der Waals surface area contributed by atoms with E-state index in [4.69, 9.17) is 10.5 Å². The number of hydrogen-bond acceptors (Lipinski definition) is 4. The van der Waals surface area contributed by atoms with Gasteiger partial charge in [0.2, 0.25) is 5.91 Å². The van der Waals surface area contributed by atoms with Crippen LogP contribution in [0.1, 0.15) is 37.8 Å². The van der Waals surface area contributed by atoms with Gasteiger partial charge in [0, 0.05) is 30.3 Å². The van der Waals surface area contributed by atoms with Crippen molar-refractivity contribution < 1.29 is 14.3 Å². The zero-order chi connectivity index (χ0) is 19.6. The molecule has 1 aromatic rings. The number of ether oxygens (including phenoxy) is 1. The Bertz CT molecular complexity index is 749. The molecule has 6 heteroatoms. The van der Waals surface area contributed by atoms with Crippen molar-refractivity contribution in [1.82, 2.24) is 10.2 Å². The summed E-state index contributed by atoms with van der Waals surface area (Å²) in [6.45, 7) is 5.16. The first kappa shape index (κ1) is 19.4. The lowest BCUT2D eigenvalue weighted by molar-refractivity contribution is -0.133. The number of amides is 2. The van der Waals surface area contributed by atoms with Crippen molar-refractivity contribution in [3.8, 4) is 5.75 Å². The molecule has 1 saturated heterocycles. The lowest BCUT2D eigenvalue weighted by atomic mass is 9.89. The lowest BCUT2D eigenvalue weighted by Gasteiger charge is -2.36. The van der Waals surface area contributed by atoms with Crippen LogP contribution in [0.2, 0.25) is 0 Å². The second kappa shape index (κ2) is 8.13.